The molecule has 14 heavy (non-hydrogen) atoms. The smallest absolute Gasteiger partial charge is 0.146 e. The van der Waals surface area contributed by atoms with Crippen molar-refractivity contribution in [3.8, 4) is 0 Å². The Hall–Kier alpha value is -1.22. The molecule has 0 saturated carbocycles. The lowest BCUT2D eigenvalue weighted by molar-refractivity contribution is 0.316. The van der Waals surface area contributed by atoms with Gasteiger partial charge in [-0.1, -0.05) is 29.4 Å². The summed E-state index contributed by atoms with van der Waals surface area (Å²) < 4.78 is 0. The predicted molar refractivity (Wildman–Crippen MR) is 58.2 cm³/mol. The van der Waals surface area contributed by atoms with Crippen molar-refractivity contribution in [2.45, 2.75) is 18.8 Å². The summed E-state index contributed by atoms with van der Waals surface area (Å²) in [6.07, 6.45) is 1.98. The quantitative estimate of drug-likeness (QED) is 0.323. The van der Waals surface area contributed by atoms with Gasteiger partial charge in [0, 0.05) is 5.92 Å². The fourth-order valence-corrected chi connectivity index (χ4v) is 1.93. The normalized spacial score (nSPS) is 20.0. The first-order chi connectivity index (χ1) is 6.33. The summed E-state index contributed by atoms with van der Waals surface area (Å²) in [5.41, 5.74) is 8.12. The van der Waals surface area contributed by atoms with Gasteiger partial charge >= 0.3 is 0 Å². The third kappa shape index (κ3) is 1.68. The second-order valence-electron chi connectivity index (χ2n) is 3.31. The summed E-state index contributed by atoms with van der Waals surface area (Å²) in [5, 5.41) is 11.6. The maximum atomic E-state index is 8.58. The van der Waals surface area contributed by atoms with Crippen LogP contribution < -0.4 is 5.73 Å². The Morgan fingerprint density at radius 2 is 2.14 bits per heavy atom. The highest BCUT2D eigenvalue weighted by atomic mass is 35.5. The van der Waals surface area contributed by atoms with Crippen molar-refractivity contribution in [3.05, 3.63) is 35.4 Å². The monoisotopic (exact) mass is 212 g/mol. The molecule has 3 N–H and O–H groups in total. The van der Waals surface area contributed by atoms with Crippen molar-refractivity contribution >= 4 is 18.2 Å². The molecule has 0 spiro atoms. The molecule has 1 unspecified atom stereocenters. The SMILES string of the molecule is Cl.NC(=NO)C1CCc2ccccc21. The second-order valence-corrected chi connectivity index (χ2v) is 3.31. The highest BCUT2D eigenvalue weighted by Gasteiger charge is 2.24. The first kappa shape index (κ1) is 10.9. The highest BCUT2D eigenvalue weighted by Crippen LogP contribution is 2.32. The third-order valence-electron chi connectivity index (χ3n) is 2.61. The third-order valence-corrected chi connectivity index (χ3v) is 2.61. The minimum Gasteiger partial charge on any atom is -0.409 e. The zero-order valence-electron chi connectivity index (χ0n) is 7.68. The van der Waals surface area contributed by atoms with Crippen LogP contribution in [0.4, 0.5) is 0 Å². The van der Waals surface area contributed by atoms with Crippen LogP contribution in [0, 0.1) is 0 Å². The lowest BCUT2D eigenvalue weighted by Crippen LogP contribution is -2.19. The summed E-state index contributed by atoms with van der Waals surface area (Å²) in [6, 6.07) is 8.15. The zero-order valence-corrected chi connectivity index (χ0v) is 8.50. The summed E-state index contributed by atoms with van der Waals surface area (Å²) in [4.78, 5) is 0. The number of oxime groups is 1. The van der Waals surface area contributed by atoms with Crippen LogP contribution in [-0.4, -0.2) is 11.0 Å². The van der Waals surface area contributed by atoms with Gasteiger partial charge in [0.15, 0.2) is 0 Å². The van der Waals surface area contributed by atoms with Crippen LogP contribution in [-0.2, 0) is 6.42 Å². The van der Waals surface area contributed by atoms with Crippen molar-refractivity contribution in [2.24, 2.45) is 10.9 Å². The topological polar surface area (TPSA) is 58.6 Å². The molecule has 1 aromatic rings. The molecule has 3 nitrogen and oxygen atoms in total. The summed E-state index contributed by atoms with van der Waals surface area (Å²) >= 11 is 0. The molecule has 2 rings (SSSR count). The molecule has 0 amide bonds. The molecule has 0 bridgehead atoms. The standard InChI is InChI=1S/C10H12N2O.ClH/c11-10(12-13)9-6-5-7-3-1-2-4-8(7)9;/h1-4,9,13H,5-6H2,(H2,11,12);1H. The van der Waals surface area contributed by atoms with Crippen LogP contribution in [0.5, 0.6) is 0 Å². The number of fused-ring (bicyclic) bond motifs is 1. The van der Waals surface area contributed by atoms with Crippen LogP contribution >= 0.6 is 12.4 Å². The molecule has 0 heterocycles. The van der Waals surface area contributed by atoms with Gasteiger partial charge in [-0.2, -0.15) is 0 Å². The molecule has 1 aliphatic carbocycles. The van der Waals surface area contributed by atoms with E-state index in [-0.39, 0.29) is 18.3 Å². The number of nitrogens with two attached hydrogens (primary N) is 1. The van der Waals surface area contributed by atoms with Crippen molar-refractivity contribution in [1.82, 2.24) is 0 Å². The molecule has 0 radical (unpaired) electrons. The summed E-state index contributed by atoms with van der Waals surface area (Å²) in [5.74, 6) is 0.436. The van der Waals surface area contributed by atoms with E-state index in [4.69, 9.17) is 10.9 Å². The number of aryl methyl sites for hydroxylation is 1. The van der Waals surface area contributed by atoms with E-state index in [9.17, 15) is 0 Å². The Morgan fingerprint density at radius 3 is 2.86 bits per heavy atom. The average Bonchev–Trinajstić information content (AvgIpc) is 2.60. The molecule has 0 fully saturated rings. The number of hydrogen-bond acceptors (Lipinski definition) is 2. The van der Waals surface area contributed by atoms with Crippen LogP contribution in [0.3, 0.4) is 0 Å². The van der Waals surface area contributed by atoms with Gasteiger partial charge in [-0.05, 0) is 24.0 Å². The fourth-order valence-electron chi connectivity index (χ4n) is 1.93. The Morgan fingerprint density at radius 1 is 1.43 bits per heavy atom. The van der Waals surface area contributed by atoms with Gasteiger partial charge in [0.2, 0.25) is 0 Å². The van der Waals surface area contributed by atoms with Crippen LogP contribution in [0.2, 0.25) is 0 Å². The Bertz CT molecular complexity index is 352. The largest absolute Gasteiger partial charge is 0.409 e. The van der Waals surface area contributed by atoms with Crippen LogP contribution in [0.1, 0.15) is 23.5 Å². The molecule has 1 aliphatic rings. The maximum Gasteiger partial charge on any atom is 0.146 e. The molecule has 4 heteroatoms. The molecular formula is C10H13ClN2O. The minimum absolute atomic E-state index is 0. The lowest BCUT2D eigenvalue weighted by atomic mass is 10.0. The van der Waals surface area contributed by atoms with E-state index in [0.29, 0.717) is 5.84 Å². The van der Waals surface area contributed by atoms with Gasteiger partial charge in [0.1, 0.15) is 5.84 Å². The zero-order chi connectivity index (χ0) is 9.26. The highest BCUT2D eigenvalue weighted by molar-refractivity contribution is 5.88. The first-order valence-corrected chi connectivity index (χ1v) is 4.38. The number of amidine groups is 1. The van der Waals surface area contributed by atoms with Crippen molar-refractivity contribution in [3.63, 3.8) is 0 Å². The first-order valence-electron chi connectivity index (χ1n) is 4.38. The molecule has 76 valence electrons. The Balaban J connectivity index is 0.000000980. The molecule has 1 atom stereocenters. The van der Waals surface area contributed by atoms with E-state index in [1.807, 2.05) is 18.2 Å². The number of rotatable bonds is 1. The molecular weight excluding hydrogens is 200 g/mol. The van der Waals surface area contributed by atoms with E-state index in [1.165, 1.54) is 11.1 Å². The van der Waals surface area contributed by atoms with E-state index in [2.05, 4.69) is 11.2 Å². The second kappa shape index (κ2) is 4.33. The maximum absolute atomic E-state index is 8.58. The fraction of sp³-hybridized carbons (Fsp3) is 0.300. The van der Waals surface area contributed by atoms with Gasteiger partial charge in [-0.25, -0.2) is 0 Å². The molecule has 0 saturated heterocycles. The van der Waals surface area contributed by atoms with Gasteiger partial charge in [-0.15, -0.1) is 12.4 Å². The van der Waals surface area contributed by atoms with E-state index >= 15 is 0 Å². The Labute approximate surface area is 89.0 Å². The van der Waals surface area contributed by atoms with Crippen molar-refractivity contribution in [1.29, 1.82) is 0 Å². The summed E-state index contributed by atoms with van der Waals surface area (Å²) in [6.45, 7) is 0. The number of hydrogen-bond donors (Lipinski definition) is 2. The Kier molecular flexibility index (Phi) is 3.36. The number of benzene rings is 1. The van der Waals surface area contributed by atoms with Gasteiger partial charge in [0.05, 0.1) is 0 Å². The summed E-state index contributed by atoms with van der Waals surface area (Å²) in [7, 11) is 0. The predicted octanol–water partition coefficient (Wildman–Crippen LogP) is 1.88. The van der Waals surface area contributed by atoms with Crippen molar-refractivity contribution in [2.75, 3.05) is 0 Å². The minimum atomic E-state index is 0. The average molecular weight is 213 g/mol. The van der Waals surface area contributed by atoms with Crippen LogP contribution in [0.15, 0.2) is 29.4 Å². The molecule has 1 aromatic carbocycles. The van der Waals surface area contributed by atoms with Gasteiger partial charge < -0.3 is 10.9 Å². The van der Waals surface area contributed by atoms with E-state index < -0.39 is 0 Å². The van der Waals surface area contributed by atoms with E-state index in [0.717, 1.165) is 12.8 Å². The van der Waals surface area contributed by atoms with Crippen LogP contribution in [0.25, 0.3) is 0 Å². The van der Waals surface area contributed by atoms with E-state index in [1.54, 1.807) is 0 Å². The van der Waals surface area contributed by atoms with Gasteiger partial charge in [0.25, 0.3) is 0 Å². The number of nitrogens with zero attached hydrogens (tertiary/aromatic N) is 1. The van der Waals surface area contributed by atoms with Gasteiger partial charge in [-0.3, -0.25) is 0 Å². The van der Waals surface area contributed by atoms with Crippen molar-refractivity contribution < 1.29 is 5.21 Å². The lowest BCUT2D eigenvalue weighted by Gasteiger charge is -2.08. The molecule has 0 aliphatic heterocycles. The molecule has 0 aromatic heterocycles. The number of halogens is 1.